The van der Waals surface area contributed by atoms with Crippen molar-refractivity contribution in [2.75, 3.05) is 11.9 Å². The fraction of sp³-hybridized carbons (Fsp3) is 0.500. The monoisotopic (exact) mass is 353 g/mol. The topological polar surface area (TPSA) is 131 Å². The number of carbonyl (C=O) groups is 2. The fourth-order valence-electron chi connectivity index (χ4n) is 2.20. The van der Waals surface area contributed by atoms with Gasteiger partial charge < -0.3 is 20.5 Å². The van der Waals surface area contributed by atoms with Gasteiger partial charge in [-0.25, -0.2) is 9.59 Å². The zero-order chi connectivity index (χ0) is 19.4. The minimum absolute atomic E-state index is 0.132. The smallest absolute Gasteiger partial charge is 0.408 e. The van der Waals surface area contributed by atoms with Gasteiger partial charge in [0, 0.05) is 12.1 Å². The SMILES string of the molecule is Cc1cc(C)c([N+](=O)[O-])c(NC[C@H](NC(=O)OC(C)(C)C)C(=O)O)c1. The van der Waals surface area contributed by atoms with Gasteiger partial charge in [-0.15, -0.1) is 0 Å². The minimum atomic E-state index is -1.31. The zero-order valence-electron chi connectivity index (χ0n) is 14.9. The minimum Gasteiger partial charge on any atom is -0.480 e. The van der Waals surface area contributed by atoms with E-state index < -0.39 is 28.6 Å². The van der Waals surface area contributed by atoms with Crippen LogP contribution in [0.3, 0.4) is 0 Å². The lowest BCUT2D eigenvalue weighted by atomic mass is 10.1. The molecule has 9 heteroatoms. The van der Waals surface area contributed by atoms with Crippen molar-refractivity contribution in [1.82, 2.24) is 5.32 Å². The van der Waals surface area contributed by atoms with Gasteiger partial charge in [-0.1, -0.05) is 0 Å². The number of carbonyl (C=O) groups excluding carboxylic acids is 1. The normalized spacial score (nSPS) is 12.2. The molecule has 0 bridgehead atoms. The molecular formula is C16H23N3O6. The highest BCUT2D eigenvalue weighted by atomic mass is 16.6. The molecule has 25 heavy (non-hydrogen) atoms. The Morgan fingerprint density at radius 1 is 1.32 bits per heavy atom. The lowest BCUT2D eigenvalue weighted by Gasteiger charge is -2.22. The number of hydrogen-bond acceptors (Lipinski definition) is 6. The Morgan fingerprint density at radius 3 is 2.40 bits per heavy atom. The second-order valence-electron chi connectivity index (χ2n) is 6.65. The third-order valence-electron chi connectivity index (χ3n) is 3.11. The Bertz CT molecular complexity index is 681. The van der Waals surface area contributed by atoms with Crippen molar-refractivity contribution in [3.63, 3.8) is 0 Å². The summed E-state index contributed by atoms with van der Waals surface area (Å²) in [5, 5.41) is 25.4. The first kappa shape index (κ1) is 20.2. The lowest BCUT2D eigenvalue weighted by Crippen LogP contribution is -2.47. The highest BCUT2D eigenvalue weighted by Gasteiger charge is 2.25. The molecule has 0 radical (unpaired) electrons. The molecule has 1 rings (SSSR count). The number of nitrogens with zero attached hydrogens (tertiary/aromatic N) is 1. The number of amides is 1. The van der Waals surface area contributed by atoms with Crippen molar-refractivity contribution in [3.05, 3.63) is 33.4 Å². The van der Waals surface area contributed by atoms with Gasteiger partial charge in [0.05, 0.1) is 4.92 Å². The molecule has 0 aliphatic carbocycles. The molecular weight excluding hydrogens is 330 g/mol. The number of rotatable bonds is 6. The Kier molecular flexibility index (Phi) is 6.32. The second-order valence-corrected chi connectivity index (χ2v) is 6.65. The first-order chi connectivity index (χ1) is 11.4. The molecule has 0 aromatic heterocycles. The molecule has 0 saturated heterocycles. The summed E-state index contributed by atoms with van der Waals surface area (Å²) < 4.78 is 5.02. The number of benzene rings is 1. The van der Waals surface area contributed by atoms with Crippen LogP contribution >= 0.6 is 0 Å². The summed E-state index contributed by atoms with van der Waals surface area (Å²) in [4.78, 5) is 33.8. The zero-order valence-corrected chi connectivity index (χ0v) is 14.9. The van der Waals surface area contributed by atoms with Gasteiger partial charge in [0.1, 0.15) is 17.3 Å². The Labute approximate surface area is 145 Å². The quantitative estimate of drug-likeness (QED) is 0.529. The average molecular weight is 353 g/mol. The number of carboxylic acids is 1. The molecule has 1 aromatic rings. The van der Waals surface area contributed by atoms with Crippen LogP contribution in [-0.2, 0) is 9.53 Å². The van der Waals surface area contributed by atoms with Gasteiger partial charge in [0.15, 0.2) is 0 Å². The second kappa shape index (κ2) is 7.82. The molecule has 0 unspecified atom stereocenters. The molecule has 0 spiro atoms. The molecule has 3 N–H and O–H groups in total. The summed E-state index contributed by atoms with van der Waals surface area (Å²) in [6.45, 7) is 8.09. The number of anilines is 1. The van der Waals surface area contributed by atoms with E-state index in [9.17, 15) is 24.8 Å². The van der Waals surface area contributed by atoms with Crippen LogP contribution in [0, 0.1) is 24.0 Å². The van der Waals surface area contributed by atoms with Gasteiger partial charge in [-0.05, 0) is 52.3 Å². The predicted molar refractivity (Wildman–Crippen MR) is 91.9 cm³/mol. The van der Waals surface area contributed by atoms with Crippen molar-refractivity contribution >= 4 is 23.4 Å². The van der Waals surface area contributed by atoms with E-state index in [2.05, 4.69) is 10.6 Å². The van der Waals surface area contributed by atoms with Crippen LogP contribution in [0.25, 0.3) is 0 Å². The number of hydrogen-bond donors (Lipinski definition) is 3. The van der Waals surface area contributed by atoms with Crippen LogP contribution in [0.1, 0.15) is 31.9 Å². The third-order valence-corrected chi connectivity index (χ3v) is 3.11. The van der Waals surface area contributed by atoms with E-state index in [1.165, 1.54) is 0 Å². The van der Waals surface area contributed by atoms with Gasteiger partial charge in [0.2, 0.25) is 0 Å². The van der Waals surface area contributed by atoms with E-state index >= 15 is 0 Å². The summed E-state index contributed by atoms with van der Waals surface area (Å²) in [5.41, 5.74) is 0.538. The van der Waals surface area contributed by atoms with E-state index in [-0.39, 0.29) is 17.9 Å². The maximum atomic E-state index is 11.7. The summed E-state index contributed by atoms with van der Waals surface area (Å²) in [7, 11) is 0. The Hall–Kier alpha value is -2.84. The molecule has 1 atom stereocenters. The third kappa shape index (κ3) is 6.28. The number of nitro groups is 1. The predicted octanol–water partition coefficient (Wildman–Crippen LogP) is 2.60. The fourth-order valence-corrected chi connectivity index (χ4v) is 2.20. The summed E-state index contributed by atoms with van der Waals surface area (Å²) in [5.74, 6) is -1.29. The highest BCUT2D eigenvalue weighted by molar-refractivity contribution is 5.81. The van der Waals surface area contributed by atoms with Crippen molar-refractivity contribution in [1.29, 1.82) is 0 Å². The molecule has 0 heterocycles. The Morgan fingerprint density at radius 2 is 1.92 bits per heavy atom. The number of nitro benzene ring substituents is 1. The van der Waals surface area contributed by atoms with Gasteiger partial charge in [-0.3, -0.25) is 10.1 Å². The molecule has 9 nitrogen and oxygen atoms in total. The molecule has 1 amide bonds. The number of carboxylic acid groups (broad SMARTS) is 1. The van der Waals surface area contributed by atoms with Crippen molar-refractivity contribution in [3.8, 4) is 0 Å². The Balaban J connectivity index is 2.91. The van der Waals surface area contributed by atoms with Crippen LogP contribution in [0.5, 0.6) is 0 Å². The first-order valence-electron chi connectivity index (χ1n) is 7.62. The van der Waals surface area contributed by atoms with Gasteiger partial charge in [-0.2, -0.15) is 0 Å². The number of ether oxygens (including phenoxy) is 1. The van der Waals surface area contributed by atoms with Crippen LogP contribution in [-0.4, -0.2) is 40.3 Å². The maximum Gasteiger partial charge on any atom is 0.408 e. The lowest BCUT2D eigenvalue weighted by molar-refractivity contribution is -0.384. The van der Waals surface area contributed by atoms with Crippen molar-refractivity contribution in [2.24, 2.45) is 0 Å². The molecule has 138 valence electrons. The molecule has 0 saturated carbocycles. The highest BCUT2D eigenvalue weighted by Crippen LogP contribution is 2.29. The number of aryl methyl sites for hydroxylation is 2. The molecule has 0 aliphatic heterocycles. The number of aliphatic carboxylic acids is 1. The van der Waals surface area contributed by atoms with E-state index in [1.54, 1.807) is 46.8 Å². The summed E-state index contributed by atoms with van der Waals surface area (Å²) >= 11 is 0. The van der Waals surface area contributed by atoms with Gasteiger partial charge >= 0.3 is 12.1 Å². The van der Waals surface area contributed by atoms with Crippen LogP contribution in [0.2, 0.25) is 0 Å². The summed E-state index contributed by atoms with van der Waals surface area (Å²) in [6, 6.07) is 1.91. The van der Waals surface area contributed by atoms with Crippen molar-refractivity contribution in [2.45, 2.75) is 46.3 Å². The van der Waals surface area contributed by atoms with E-state index in [0.717, 1.165) is 5.56 Å². The van der Waals surface area contributed by atoms with E-state index in [4.69, 9.17) is 4.74 Å². The molecule has 1 aromatic carbocycles. The summed E-state index contributed by atoms with van der Waals surface area (Å²) in [6.07, 6.45) is -0.878. The van der Waals surface area contributed by atoms with Gasteiger partial charge in [0.25, 0.3) is 5.69 Å². The van der Waals surface area contributed by atoms with E-state index in [0.29, 0.717) is 5.56 Å². The van der Waals surface area contributed by atoms with Crippen LogP contribution in [0.4, 0.5) is 16.2 Å². The van der Waals surface area contributed by atoms with Crippen LogP contribution < -0.4 is 10.6 Å². The number of alkyl carbamates (subject to hydrolysis) is 1. The standard InChI is InChI=1S/C16H23N3O6/c1-9-6-10(2)13(19(23)24)11(7-9)17-8-12(14(20)21)18-15(22)25-16(3,4)5/h6-7,12,17H,8H2,1-5H3,(H,18,22)(H,20,21)/t12-/m0/s1. The first-order valence-corrected chi connectivity index (χ1v) is 7.62. The molecule has 0 fully saturated rings. The number of nitrogens with one attached hydrogen (secondary N) is 2. The van der Waals surface area contributed by atoms with Crippen LogP contribution in [0.15, 0.2) is 12.1 Å². The average Bonchev–Trinajstić information content (AvgIpc) is 2.39. The largest absolute Gasteiger partial charge is 0.480 e. The van der Waals surface area contributed by atoms with E-state index in [1.807, 2.05) is 0 Å². The molecule has 0 aliphatic rings. The van der Waals surface area contributed by atoms with Crippen molar-refractivity contribution < 1.29 is 24.4 Å². The maximum absolute atomic E-state index is 11.7.